The zero-order valence-electron chi connectivity index (χ0n) is 11.2. The van der Waals surface area contributed by atoms with Gasteiger partial charge in [-0.15, -0.1) is 0 Å². The molecule has 2 rings (SSSR count). The second-order valence-electron chi connectivity index (χ2n) is 4.32. The van der Waals surface area contributed by atoms with Crippen LogP contribution in [0.15, 0.2) is 33.1 Å². The van der Waals surface area contributed by atoms with E-state index in [1.807, 2.05) is 4.98 Å². The van der Waals surface area contributed by atoms with E-state index in [-0.39, 0.29) is 24.2 Å². The number of hydrogen-bond acceptors (Lipinski definition) is 5. The van der Waals surface area contributed by atoms with Crippen LogP contribution in [0.3, 0.4) is 0 Å². The van der Waals surface area contributed by atoms with Crippen molar-refractivity contribution < 1.29 is 4.79 Å². The minimum atomic E-state index is -0.773. The molecule has 0 spiro atoms. The molecule has 0 saturated carbocycles. The summed E-state index contributed by atoms with van der Waals surface area (Å²) < 4.78 is 1.35. The highest BCUT2D eigenvalue weighted by atomic mass is 16.2. The van der Waals surface area contributed by atoms with Crippen molar-refractivity contribution in [3.05, 3.63) is 61.0 Å². The number of aryl methyl sites for hydroxylation is 1. The molecule has 110 valence electrons. The minimum absolute atomic E-state index is 0.141. The Morgan fingerprint density at radius 3 is 2.86 bits per heavy atom. The summed E-state index contributed by atoms with van der Waals surface area (Å²) in [5.41, 5.74) is -1.36. The van der Waals surface area contributed by atoms with E-state index in [9.17, 15) is 19.2 Å². The van der Waals surface area contributed by atoms with Crippen molar-refractivity contribution in [2.75, 3.05) is 6.54 Å². The van der Waals surface area contributed by atoms with E-state index < -0.39 is 17.2 Å². The number of carbonyl (C=O) groups excluding carboxylic acids is 1. The fourth-order valence-corrected chi connectivity index (χ4v) is 1.68. The lowest BCUT2D eigenvalue weighted by atomic mass is 10.3. The Balaban J connectivity index is 2.02. The monoisotopic (exact) mass is 291 g/mol. The summed E-state index contributed by atoms with van der Waals surface area (Å²) >= 11 is 0. The molecule has 0 saturated heterocycles. The van der Waals surface area contributed by atoms with Crippen molar-refractivity contribution in [1.82, 2.24) is 24.8 Å². The first-order valence-corrected chi connectivity index (χ1v) is 6.10. The van der Waals surface area contributed by atoms with Gasteiger partial charge in [-0.25, -0.2) is 9.78 Å². The van der Waals surface area contributed by atoms with E-state index in [1.54, 1.807) is 6.92 Å². The Kier molecular flexibility index (Phi) is 4.12. The average Bonchev–Trinajstić information content (AvgIpc) is 2.43. The van der Waals surface area contributed by atoms with Gasteiger partial charge in [-0.2, -0.15) is 0 Å². The molecule has 0 aliphatic heterocycles. The third-order valence-corrected chi connectivity index (χ3v) is 2.77. The number of rotatable bonds is 4. The predicted molar refractivity (Wildman–Crippen MR) is 73.3 cm³/mol. The van der Waals surface area contributed by atoms with Gasteiger partial charge in [0, 0.05) is 31.0 Å². The maximum atomic E-state index is 11.8. The number of nitrogens with zero attached hydrogens (tertiary/aromatic N) is 2. The molecule has 0 aliphatic carbocycles. The van der Waals surface area contributed by atoms with Crippen LogP contribution in [0, 0.1) is 6.92 Å². The van der Waals surface area contributed by atoms with E-state index in [1.165, 1.54) is 17.1 Å². The van der Waals surface area contributed by atoms with Crippen LogP contribution in [0.4, 0.5) is 0 Å². The van der Waals surface area contributed by atoms with Gasteiger partial charge in [0.15, 0.2) is 0 Å². The first-order chi connectivity index (χ1) is 9.99. The highest BCUT2D eigenvalue weighted by Crippen LogP contribution is 1.87. The van der Waals surface area contributed by atoms with Crippen molar-refractivity contribution in [3.8, 4) is 0 Å². The molecule has 2 aromatic heterocycles. The lowest BCUT2D eigenvalue weighted by molar-refractivity contribution is 0.0950. The normalized spacial score (nSPS) is 10.3. The first-order valence-electron chi connectivity index (χ1n) is 6.10. The molecule has 0 bridgehead atoms. The summed E-state index contributed by atoms with van der Waals surface area (Å²) in [6.45, 7) is 2.01. The molecule has 2 heterocycles. The van der Waals surface area contributed by atoms with Gasteiger partial charge in [-0.3, -0.25) is 23.9 Å². The summed E-state index contributed by atoms with van der Waals surface area (Å²) in [7, 11) is 0. The van der Waals surface area contributed by atoms with Crippen LogP contribution in [-0.2, 0) is 6.54 Å². The van der Waals surface area contributed by atoms with E-state index >= 15 is 0 Å². The van der Waals surface area contributed by atoms with Gasteiger partial charge in [0.2, 0.25) is 0 Å². The van der Waals surface area contributed by atoms with Gasteiger partial charge in [-0.05, 0) is 6.92 Å². The molecule has 1 amide bonds. The molecule has 0 unspecified atom stereocenters. The van der Waals surface area contributed by atoms with Crippen molar-refractivity contribution in [2.45, 2.75) is 13.5 Å². The van der Waals surface area contributed by atoms with Crippen LogP contribution in [0.25, 0.3) is 0 Å². The predicted octanol–water partition coefficient (Wildman–Crippen LogP) is -1.64. The van der Waals surface area contributed by atoms with E-state index in [2.05, 4.69) is 15.3 Å². The highest BCUT2D eigenvalue weighted by molar-refractivity contribution is 5.93. The topological polar surface area (TPSA) is 130 Å². The van der Waals surface area contributed by atoms with E-state index in [0.29, 0.717) is 5.56 Å². The smallest absolute Gasteiger partial charge is 0.325 e. The van der Waals surface area contributed by atoms with Crippen LogP contribution in [0.5, 0.6) is 0 Å². The second-order valence-corrected chi connectivity index (χ2v) is 4.32. The fraction of sp³-hybridized carbons (Fsp3) is 0.250. The Hall–Kier alpha value is -2.97. The Bertz CT molecular complexity index is 832. The SMILES string of the molecule is Cc1cncn(CCNC(=O)c2c[nH]c(=O)[nH]c2=O)c1=O. The van der Waals surface area contributed by atoms with Crippen molar-refractivity contribution in [2.24, 2.45) is 0 Å². The molecular formula is C12H13N5O4. The van der Waals surface area contributed by atoms with Crippen LogP contribution >= 0.6 is 0 Å². The van der Waals surface area contributed by atoms with Gasteiger partial charge in [0.05, 0.1) is 6.33 Å². The summed E-state index contributed by atoms with van der Waals surface area (Å²) in [5.74, 6) is -0.638. The number of aromatic nitrogens is 4. The molecular weight excluding hydrogens is 278 g/mol. The van der Waals surface area contributed by atoms with Crippen molar-refractivity contribution >= 4 is 5.91 Å². The van der Waals surface area contributed by atoms with Crippen LogP contribution < -0.4 is 22.1 Å². The molecule has 21 heavy (non-hydrogen) atoms. The van der Waals surface area contributed by atoms with Gasteiger partial charge >= 0.3 is 5.69 Å². The van der Waals surface area contributed by atoms with Crippen LogP contribution in [0.2, 0.25) is 0 Å². The number of amides is 1. The van der Waals surface area contributed by atoms with Crippen LogP contribution in [-0.4, -0.2) is 32.0 Å². The second kappa shape index (κ2) is 5.99. The zero-order chi connectivity index (χ0) is 15.4. The Morgan fingerprint density at radius 2 is 2.14 bits per heavy atom. The standard InChI is InChI=1S/C12H13N5O4/c1-7-4-13-6-17(11(7)20)3-2-14-9(18)8-5-15-12(21)16-10(8)19/h4-6H,2-3H2,1H3,(H,14,18)(H2,15,16,19,21). The largest absolute Gasteiger partial charge is 0.350 e. The lowest BCUT2D eigenvalue weighted by Crippen LogP contribution is -2.36. The molecule has 2 aromatic rings. The summed E-state index contributed by atoms with van der Waals surface area (Å²) in [5, 5.41) is 2.49. The van der Waals surface area contributed by atoms with Gasteiger partial charge < -0.3 is 10.3 Å². The first kappa shape index (κ1) is 14.4. The molecule has 0 aliphatic rings. The average molecular weight is 291 g/mol. The molecule has 0 atom stereocenters. The maximum absolute atomic E-state index is 11.8. The molecule has 9 heteroatoms. The molecule has 0 aromatic carbocycles. The Labute approximate surface area is 117 Å². The summed E-state index contributed by atoms with van der Waals surface area (Å²) in [4.78, 5) is 53.8. The lowest BCUT2D eigenvalue weighted by Gasteiger charge is -2.07. The number of nitrogens with one attached hydrogen (secondary N) is 3. The minimum Gasteiger partial charge on any atom is -0.350 e. The van der Waals surface area contributed by atoms with Crippen molar-refractivity contribution in [3.63, 3.8) is 0 Å². The van der Waals surface area contributed by atoms with Gasteiger partial charge in [0.25, 0.3) is 17.0 Å². The van der Waals surface area contributed by atoms with Crippen LogP contribution in [0.1, 0.15) is 15.9 Å². The van der Waals surface area contributed by atoms with E-state index in [4.69, 9.17) is 0 Å². The van der Waals surface area contributed by atoms with Crippen molar-refractivity contribution in [1.29, 1.82) is 0 Å². The Morgan fingerprint density at radius 1 is 1.38 bits per heavy atom. The highest BCUT2D eigenvalue weighted by Gasteiger charge is 2.10. The molecule has 0 fully saturated rings. The fourth-order valence-electron chi connectivity index (χ4n) is 1.68. The molecule has 0 radical (unpaired) electrons. The van der Waals surface area contributed by atoms with E-state index in [0.717, 1.165) is 6.20 Å². The third kappa shape index (κ3) is 3.32. The quantitative estimate of drug-likeness (QED) is 0.622. The zero-order valence-corrected chi connectivity index (χ0v) is 11.2. The molecule has 9 nitrogen and oxygen atoms in total. The number of H-pyrrole nitrogens is 2. The summed E-state index contributed by atoms with van der Waals surface area (Å²) in [6.07, 6.45) is 3.86. The number of aromatic amines is 2. The number of carbonyl (C=O) groups is 1. The number of hydrogen-bond donors (Lipinski definition) is 3. The maximum Gasteiger partial charge on any atom is 0.325 e. The molecule has 3 N–H and O–H groups in total. The van der Waals surface area contributed by atoms with Gasteiger partial charge in [-0.1, -0.05) is 0 Å². The van der Waals surface area contributed by atoms with Gasteiger partial charge in [0.1, 0.15) is 5.56 Å². The third-order valence-electron chi connectivity index (χ3n) is 2.77. The summed E-state index contributed by atoms with van der Waals surface area (Å²) in [6, 6.07) is 0.